The first kappa shape index (κ1) is 22.1. The van der Waals surface area contributed by atoms with E-state index in [0.717, 1.165) is 9.79 Å². The summed E-state index contributed by atoms with van der Waals surface area (Å²) in [5.74, 6) is -1.28. The van der Waals surface area contributed by atoms with E-state index in [0.29, 0.717) is 11.4 Å². The van der Waals surface area contributed by atoms with E-state index < -0.39 is 34.5 Å². The Balaban J connectivity index is 1.46. The lowest BCUT2D eigenvalue weighted by atomic mass is 10.2. The van der Waals surface area contributed by atoms with Crippen LogP contribution >= 0.6 is 11.8 Å². The van der Waals surface area contributed by atoms with Crippen molar-refractivity contribution in [2.45, 2.75) is 27.7 Å². The van der Waals surface area contributed by atoms with Gasteiger partial charge in [0, 0.05) is 9.79 Å². The van der Waals surface area contributed by atoms with Crippen molar-refractivity contribution in [1.29, 1.82) is 0 Å². The van der Waals surface area contributed by atoms with Gasteiger partial charge in [0.15, 0.2) is 6.61 Å². The van der Waals surface area contributed by atoms with Gasteiger partial charge >= 0.3 is 5.97 Å². The summed E-state index contributed by atoms with van der Waals surface area (Å²) in [6, 6.07) is 21.5. The minimum atomic E-state index is -3.89. The van der Waals surface area contributed by atoms with Crippen LogP contribution in [0.5, 0.6) is 0 Å². The molecule has 1 N–H and O–H groups in total. The molecule has 0 aliphatic carbocycles. The highest BCUT2D eigenvalue weighted by Crippen LogP contribution is 2.47. The molecule has 1 aliphatic heterocycles. The second-order valence-corrected chi connectivity index (χ2v) is 9.83. The number of sulfonamides is 1. The number of nitrogens with one attached hydrogen (secondary N) is 1. The lowest BCUT2D eigenvalue weighted by Gasteiger charge is -2.30. The molecule has 0 unspecified atom stereocenters. The van der Waals surface area contributed by atoms with Gasteiger partial charge in [-0.1, -0.05) is 54.2 Å². The molecule has 164 valence electrons. The highest BCUT2D eigenvalue weighted by atomic mass is 32.2. The Hall–Kier alpha value is -3.14. The average molecular weight is 469 g/mol. The fourth-order valence-corrected chi connectivity index (χ4v) is 5.52. The third kappa shape index (κ3) is 4.55. The monoisotopic (exact) mass is 468 g/mol. The molecule has 9 heteroatoms. The van der Waals surface area contributed by atoms with E-state index in [1.807, 2.05) is 48.5 Å². The number of nitrogens with zero attached hydrogens (tertiary/aromatic N) is 1. The zero-order chi connectivity index (χ0) is 22.7. The van der Waals surface area contributed by atoms with Gasteiger partial charge in [0.25, 0.3) is 5.91 Å². The van der Waals surface area contributed by atoms with Gasteiger partial charge in [0.1, 0.15) is 6.04 Å². The summed E-state index contributed by atoms with van der Waals surface area (Å²) in [5, 5.41) is 0. The molecule has 32 heavy (non-hydrogen) atoms. The number of fused-ring (bicyclic) bond motifs is 2. The number of ether oxygens (including phenoxy) is 1. The van der Waals surface area contributed by atoms with Gasteiger partial charge in [-0.25, -0.2) is 8.42 Å². The predicted octanol–water partition coefficient (Wildman–Crippen LogP) is 3.73. The molecular weight excluding hydrogens is 448 g/mol. The fraction of sp³-hybridized carbons (Fsp3) is 0.130. The van der Waals surface area contributed by atoms with Crippen LogP contribution in [0.25, 0.3) is 0 Å². The van der Waals surface area contributed by atoms with Gasteiger partial charge in [-0.05, 0) is 43.3 Å². The number of carbonyl (C=O) groups is 2. The highest BCUT2D eigenvalue weighted by Gasteiger charge is 2.29. The normalized spacial score (nSPS) is 13.6. The molecule has 0 saturated heterocycles. The maximum atomic E-state index is 13.1. The van der Waals surface area contributed by atoms with Crippen molar-refractivity contribution in [3.8, 4) is 0 Å². The first-order valence-corrected chi connectivity index (χ1v) is 12.1. The number of carbonyl (C=O) groups excluding carboxylic acids is 2. The molecule has 3 aromatic rings. The Labute approximate surface area is 190 Å². The number of esters is 1. The summed E-state index contributed by atoms with van der Waals surface area (Å²) in [5.41, 5.74) is 1.41. The number of anilines is 2. The Bertz CT molecular complexity index is 1220. The number of rotatable bonds is 6. The van der Waals surface area contributed by atoms with E-state index in [1.165, 1.54) is 24.0 Å². The molecule has 0 fully saturated rings. The Morgan fingerprint density at radius 2 is 1.44 bits per heavy atom. The second kappa shape index (κ2) is 9.15. The number of hydrogen-bond acceptors (Lipinski definition) is 6. The maximum Gasteiger partial charge on any atom is 0.324 e. The molecule has 0 aromatic heterocycles. The first-order chi connectivity index (χ1) is 15.4. The van der Waals surface area contributed by atoms with Crippen LogP contribution in [0, 0.1) is 0 Å². The molecule has 1 aliphatic rings. The van der Waals surface area contributed by atoms with Crippen molar-refractivity contribution in [3.05, 3.63) is 78.9 Å². The molecule has 1 atom stereocenters. The third-order valence-corrected chi connectivity index (χ3v) is 7.45. The maximum absolute atomic E-state index is 13.1. The van der Waals surface area contributed by atoms with E-state index in [1.54, 1.807) is 30.0 Å². The van der Waals surface area contributed by atoms with Crippen LogP contribution in [0.3, 0.4) is 0 Å². The summed E-state index contributed by atoms with van der Waals surface area (Å²) >= 11 is 1.56. The Kier molecular flexibility index (Phi) is 6.31. The van der Waals surface area contributed by atoms with Crippen LogP contribution in [0.2, 0.25) is 0 Å². The predicted molar refractivity (Wildman–Crippen MR) is 121 cm³/mol. The molecule has 0 saturated carbocycles. The number of para-hydroxylation sites is 2. The Morgan fingerprint density at radius 3 is 2.03 bits per heavy atom. The standard InChI is InChI=1S/C23H20N2O5S2/c1-16(24-32(28,29)17-9-3-2-4-10-17)23(27)30-15-22(26)25-18-11-5-7-13-20(18)31-21-14-8-6-12-19(21)25/h2-14,16,24H,15H2,1H3/t16-/m0/s1. The highest BCUT2D eigenvalue weighted by molar-refractivity contribution is 7.99. The van der Waals surface area contributed by atoms with Gasteiger partial charge < -0.3 is 4.74 Å². The first-order valence-electron chi connectivity index (χ1n) is 9.80. The van der Waals surface area contributed by atoms with E-state index in [4.69, 9.17) is 4.74 Å². The molecule has 0 spiro atoms. The summed E-state index contributed by atoms with van der Waals surface area (Å²) in [6.45, 7) is 0.846. The summed E-state index contributed by atoms with van der Waals surface area (Å²) in [4.78, 5) is 28.8. The van der Waals surface area contributed by atoms with Crippen molar-refractivity contribution in [3.63, 3.8) is 0 Å². The minimum absolute atomic E-state index is 0.0368. The van der Waals surface area contributed by atoms with Crippen LogP contribution < -0.4 is 9.62 Å². The number of benzene rings is 3. The van der Waals surface area contributed by atoms with E-state index >= 15 is 0 Å². The van der Waals surface area contributed by atoms with Crippen LogP contribution in [-0.2, 0) is 24.3 Å². The SMILES string of the molecule is C[C@H](NS(=O)(=O)c1ccccc1)C(=O)OCC(=O)N1c2ccccc2Sc2ccccc21. The topological polar surface area (TPSA) is 92.8 Å². The van der Waals surface area contributed by atoms with E-state index in [9.17, 15) is 18.0 Å². The van der Waals surface area contributed by atoms with Crippen molar-refractivity contribution < 1.29 is 22.7 Å². The molecule has 3 aromatic carbocycles. The van der Waals surface area contributed by atoms with Gasteiger partial charge in [-0.3, -0.25) is 14.5 Å². The quantitative estimate of drug-likeness (QED) is 0.554. The Morgan fingerprint density at radius 1 is 0.906 bits per heavy atom. The van der Waals surface area contributed by atoms with Gasteiger partial charge in [0.05, 0.1) is 16.3 Å². The number of hydrogen-bond donors (Lipinski definition) is 1. The lowest BCUT2D eigenvalue weighted by Crippen LogP contribution is -2.41. The van der Waals surface area contributed by atoms with Crippen molar-refractivity contribution >= 4 is 45.0 Å². The summed E-state index contributed by atoms with van der Waals surface area (Å²) in [6.07, 6.45) is 0. The van der Waals surface area contributed by atoms with Crippen molar-refractivity contribution in [2.24, 2.45) is 0 Å². The fourth-order valence-electron chi connectivity index (χ4n) is 3.24. The van der Waals surface area contributed by atoms with Gasteiger partial charge in [0.2, 0.25) is 10.0 Å². The molecule has 4 rings (SSSR count). The van der Waals surface area contributed by atoms with E-state index in [2.05, 4.69) is 4.72 Å². The van der Waals surface area contributed by atoms with Crippen LogP contribution in [0.1, 0.15) is 6.92 Å². The zero-order valence-electron chi connectivity index (χ0n) is 17.1. The van der Waals surface area contributed by atoms with Gasteiger partial charge in [-0.2, -0.15) is 4.72 Å². The average Bonchev–Trinajstić information content (AvgIpc) is 2.81. The molecule has 0 bridgehead atoms. The molecule has 7 nitrogen and oxygen atoms in total. The summed E-state index contributed by atoms with van der Waals surface area (Å²) < 4.78 is 32.3. The molecular formula is C23H20N2O5S2. The molecule has 1 heterocycles. The largest absolute Gasteiger partial charge is 0.454 e. The number of amides is 1. The van der Waals surface area contributed by atoms with Crippen LogP contribution in [0.15, 0.2) is 93.5 Å². The molecule has 1 amide bonds. The van der Waals surface area contributed by atoms with E-state index in [-0.39, 0.29) is 4.90 Å². The van der Waals surface area contributed by atoms with Crippen LogP contribution in [0.4, 0.5) is 11.4 Å². The van der Waals surface area contributed by atoms with Crippen LogP contribution in [-0.4, -0.2) is 32.9 Å². The van der Waals surface area contributed by atoms with Crippen molar-refractivity contribution in [1.82, 2.24) is 4.72 Å². The molecule has 0 radical (unpaired) electrons. The van der Waals surface area contributed by atoms with Gasteiger partial charge in [-0.15, -0.1) is 0 Å². The smallest absolute Gasteiger partial charge is 0.324 e. The zero-order valence-corrected chi connectivity index (χ0v) is 18.7. The summed E-state index contributed by atoms with van der Waals surface area (Å²) in [7, 11) is -3.89. The second-order valence-electron chi connectivity index (χ2n) is 7.03. The third-order valence-electron chi connectivity index (χ3n) is 4.76. The minimum Gasteiger partial charge on any atom is -0.454 e. The van der Waals surface area contributed by atoms with Crippen molar-refractivity contribution in [2.75, 3.05) is 11.5 Å². The lowest BCUT2D eigenvalue weighted by molar-refractivity contribution is -0.149.